The van der Waals surface area contributed by atoms with Gasteiger partial charge in [0, 0.05) is 64.9 Å². The number of para-hydroxylation sites is 1. The summed E-state index contributed by atoms with van der Waals surface area (Å²) < 4.78 is 44.5. The molecule has 6 N–H and O–H groups in total. The summed E-state index contributed by atoms with van der Waals surface area (Å²) >= 11 is 0. The molecule has 0 bridgehead atoms. The number of β-amino-alcohol motifs (C(OH)–C–C–N with tert-alkyl or cyclic N) is 1. The first-order chi connectivity index (χ1) is 31.3. The summed E-state index contributed by atoms with van der Waals surface area (Å²) in [7, 11) is 4.82. The van der Waals surface area contributed by atoms with E-state index in [1.807, 2.05) is 51.1 Å². The van der Waals surface area contributed by atoms with Gasteiger partial charge in [-0.1, -0.05) is 39.0 Å². The van der Waals surface area contributed by atoms with Gasteiger partial charge in [0.25, 0.3) is 0 Å². The minimum absolute atomic E-state index is 0.0438. The number of hydrogen-bond donors (Lipinski definition) is 6. The van der Waals surface area contributed by atoms with Gasteiger partial charge in [-0.05, 0) is 92.3 Å². The molecule has 4 saturated heterocycles. The summed E-state index contributed by atoms with van der Waals surface area (Å²) in [5, 5.41) is 64.0. The molecule has 0 aromatic heterocycles. The highest BCUT2D eigenvalue weighted by Gasteiger charge is 2.59. The molecule has 2 amide bonds. The third kappa shape index (κ3) is 12.3. The predicted octanol–water partition coefficient (Wildman–Crippen LogP) is 2.89. The minimum atomic E-state index is -1.86. The molecule has 0 saturated carbocycles. The van der Waals surface area contributed by atoms with Crippen molar-refractivity contribution in [1.29, 1.82) is 0 Å². The van der Waals surface area contributed by atoms with E-state index in [2.05, 4.69) is 10.2 Å². The Kier molecular flexibility index (Phi) is 18.7. The number of carbonyl (C=O) groups is 2. The maximum atomic E-state index is 14.6. The van der Waals surface area contributed by atoms with Crippen LogP contribution in [0.3, 0.4) is 0 Å². The molecule has 5 rings (SSSR count). The fraction of sp³-hybridized carbons (Fsp3) is 0.837. The number of aliphatic hydroxyl groups excluding tert-OH is 2. The van der Waals surface area contributed by atoms with Gasteiger partial charge < -0.3 is 68.9 Å². The highest BCUT2D eigenvalue weighted by molar-refractivity contribution is 5.91. The van der Waals surface area contributed by atoms with Crippen molar-refractivity contribution in [1.82, 2.24) is 15.1 Å². The summed E-state index contributed by atoms with van der Waals surface area (Å²) in [6.45, 7) is 20.2. The predicted molar refractivity (Wildman–Crippen MR) is 250 cm³/mol. The number of esters is 1. The Labute approximate surface area is 398 Å². The average molecular weight is 953 g/mol. The number of nitrogens with one attached hydrogen (secondary N) is 1. The number of rotatable bonds is 10. The number of likely N-dealkylation sites (N-methyl/N-ethyl adjacent to an activating group) is 1. The minimum Gasteiger partial charge on any atom is -0.459 e. The maximum absolute atomic E-state index is 14.6. The van der Waals surface area contributed by atoms with E-state index < -0.39 is 108 Å². The molecule has 4 aliphatic heterocycles. The number of aliphatic hydroxyl groups is 5. The van der Waals surface area contributed by atoms with Crippen molar-refractivity contribution in [3.63, 3.8) is 0 Å². The van der Waals surface area contributed by atoms with Crippen LogP contribution in [0.5, 0.6) is 0 Å². The number of carbonyl (C=O) groups excluding carboxylic acids is 2. The van der Waals surface area contributed by atoms with Crippen LogP contribution in [0.4, 0.5) is 10.5 Å². The van der Waals surface area contributed by atoms with Crippen LogP contribution in [0, 0.1) is 17.8 Å². The van der Waals surface area contributed by atoms with Crippen molar-refractivity contribution in [3.05, 3.63) is 30.3 Å². The molecule has 0 unspecified atom stereocenters. The van der Waals surface area contributed by atoms with Gasteiger partial charge in [0.1, 0.15) is 35.1 Å². The number of hydrogen-bond acceptors (Lipinski definition) is 16. The smallest absolute Gasteiger partial charge is 0.324 e. The van der Waals surface area contributed by atoms with Crippen LogP contribution in [0.15, 0.2) is 30.3 Å². The van der Waals surface area contributed by atoms with Crippen LogP contribution in [0.2, 0.25) is 0 Å². The standard InChI is InChI=1S/C49H84N4O14/c1-14-37-48(10,59)41(55)33(6)50-27-29(2)25-46(8,58)42(67-44-39(54)36(24-30(3)63-44)52(12)45(57)51(11)35-18-16-15-17-19-35)31(4)40(32(5)43(56)65-37)66-38-26-47(9,61-13)49(60,34(7)64-38)28-53-20-22-62-23-21-53/h15-19,29-34,36-42,44,50,54-55,58-60H,14,20-28H2,1-13H3/t29-,30-,31+,32-,33-,34+,36+,37-,38+,39-,40+,41-,42-,44+,46-,47-,48-,49+/m1/s1. The molecule has 4 heterocycles. The van der Waals surface area contributed by atoms with Gasteiger partial charge in [-0.3, -0.25) is 14.6 Å². The summed E-state index contributed by atoms with van der Waals surface area (Å²) in [4.78, 5) is 33.6. The number of cyclic esters (lactones) is 1. The SMILES string of the molecule is CC[C@H]1OC(=O)[C@H](C)[C@@H](O[C@H]2C[C@@](C)(OC)[C@](O)(CN3CCOCC3)[C@H](C)O2)[C@H](C)[C@@H](O[C@@H]2O[C@H](C)C[C@H](N(C)C(=O)N(C)c3ccccc3)[C@H]2O)[C@](C)(O)C[C@@H](C)CN[C@H](C)[C@@H](O)[C@]1(C)O. The molecular formula is C49H84N4O14. The summed E-state index contributed by atoms with van der Waals surface area (Å²) in [6.07, 6.45) is -9.28. The molecule has 0 aliphatic carbocycles. The Morgan fingerprint density at radius 3 is 2.19 bits per heavy atom. The van der Waals surface area contributed by atoms with Gasteiger partial charge in [-0.25, -0.2) is 4.79 Å². The van der Waals surface area contributed by atoms with Gasteiger partial charge >= 0.3 is 12.0 Å². The molecule has 0 radical (unpaired) electrons. The number of amides is 2. The molecular weight excluding hydrogens is 869 g/mol. The quantitative estimate of drug-likeness (QED) is 0.186. The fourth-order valence-corrected chi connectivity index (χ4v) is 10.8. The van der Waals surface area contributed by atoms with Crippen molar-refractivity contribution in [2.75, 3.05) is 65.5 Å². The molecule has 67 heavy (non-hydrogen) atoms. The summed E-state index contributed by atoms with van der Waals surface area (Å²) in [5.41, 5.74) is -5.57. The first kappa shape index (κ1) is 55.4. The van der Waals surface area contributed by atoms with Crippen molar-refractivity contribution >= 4 is 17.7 Å². The van der Waals surface area contributed by atoms with Crippen LogP contribution >= 0.6 is 0 Å². The normalized spacial score (nSPS) is 43.3. The van der Waals surface area contributed by atoms with Crippen molar-refractivity contribution < 1.29 is 68.3 Å². The molecule has 384 valence electrons. The molecule has 0 spiro atoms. The third-order valence-corrected chi connectivity index (χ3v) is 15.3. The molecule has 18 atom stereocenters. The number of morpholine rings is 1. The Bertz CT molecular complexity index is 1740. The second-order valence-corrected chi connectivity index (χ2v) is 20.7. The zero-order valence-electron chi connectivity index (χ0n) is 42.3. The number of benzene rings is 1. The topological polar surface area (TPSA) is 222 Å². The van der Waals surface area contributed by atoms with Crippen molar-refractivity contribution in [2.24, 2.45) is 17.8 Å². The molecule has 18 nitrogen and oxygen atoms in total. The van der Waals surface area contributed by atoms with Gasteiger partial charge in [0.15, 0.2) is 12.6 Å². The van der Waals surface area contributed by atoms with Gasteiger partial charge in [-0.2, -0.15) is 0 Å². The number of nitrogens with zero attached hydrogens (tertiary/aromatic N) is 3. The van der Waals surface area contributed by atoms with E-state index in [4.69, 9.17) is 33.2 Å². The number of anilines is 1. The first-order valence-corrected chi connectivity index (χ1v) is 24.3. The lowest BCUT2D eigenvalue weighted by molar-refractivity contribution is -0.339. The Morgan fingerprint density at radius 2 is 1.58 bits per heavy atom. The first-order valence-electron chi connectivity index (χ1n) is 24.3. The largest absolute Gasteiger partial charge is 0.459 e. The number of urea groups is 1. The lowest BCUT2D eigenvalue weighted by atomic mass is 9.74. The molecule has 18 heteroatoms. The van der Waals surface area contributed by atoms with Crippen LogP contribution < -0.4 is 10.2 Å². The Morgan fingerprint density at radius 1 is 0.940 bits per heavy atom. The van der Waals surface area contributed by atoms with E-state index in [1.165, 1.54) is 23.8 Å². The van der Waals surface area contributed by atoms with E-state index in [-0.39, 0.29) is 37.8 Å². The van der Waals surface area contributed by atoms with Gasteiger partial charge in [0.2, 0.25) is 0 Å². The fourth-order valence-electron chi connectivity index (χ4n) is 10.8. The van der Waals surface area contributed by atoms with E-state index in [9.17, 15) is 35.1 Å². The summed E-state index contributed by atoms with van der Waals surface area (Å²) in [6, 6.07) is 7.41. The molecule has 4 aliphatic rings. The highest BCUT2D eigenvalue weighted by Crippen LogP contribution is 2.44. The van der Waals surface area contributed by atoms with Crippen molar-refractivity contribution in [2.45, 2.75) is 185 Å². The van der Waals surface area contributed by atoms with E-state index in [0.29, 0.717) is 45.0 Å². The summed E-state index contributed by atoms with van der Waals surface area (Å²) in [5.74, 6) is -2.99. The van der Waals surface area contributed by atoms with Crippen molar-refractivity contribution in [3.8, 4) is 0 Å². The van der Waals surface area contributed by atoms with E-state index in [0.717, 1.165) is 0 Å². The van der Waals surface area contributed by atoms with E-state index >= 15 is 0 Å². The number of methoxy groups -OCH3 is 1. The molecule has 4 fully saturated rings. The Balaban J connectivity index is 1.54. The molecule has 1 aromatic carbocycles. The van der Waals surface area contributed by atoms with E-state index in [1.54, 1.807) is 55.6 Å². The van der Waals surface area contributed by atoms with Crippen LogP contribution in [0.1, 0.15) is 94.9 Å². The van der Waals surface area contributed by atoms with Crippen LogP contribution in [0.25, 0.3) is 0 Å². The second kappa shape index (κ2) is 22.7. The average Bonchev–Trinajstić information content (AvgIpc) is 3.29. The maximum Gasteiger partial charge on any atom is 0.324 e. The zero-order chi connectivity index (χ0) is 49.8. The van der Waals surface area contributed by atoms with Crippen LogP contribution in [-0.2, 0) is 38.0 Å². The second-order valence-electron chi connectivity index (χ2n) is 20.7. The third-order valence-electron chi connectivity index (χ3n) is 15.3. The molecule has 1 aromatic rings. The van der Waals surface area contributed by atoms with Gasteiger partial charge in [0.05, 0.1) is 55.2 Å². The lowest BCUT2D eigenvalue weighted by Gasteiger charge is -2.55. The van der Waals surface area contributed by atoms with Gasteiger partial charge in [-0.15, -0.1) is 0 Å². The zero-order valence-corrected chi connectivity index (χ0v) is 42.3. The van der Waals surface area contributed by atoms with Crippen LogP contribution in [-0.4, -0.2) is 198 Å². The highest BCUT2D eigenvalue weighted by atomic mass is 16.7. The lowest BCUT2D eigenvalue weighted by Crippen LogP contribution is -2.70. The Hall–Kier alpha value is -2.56. The number of ether oxygens (including phenoxy) is 7. The monoisotopic (exact) mass is 953 g/mol.